The molecule has 0 radical (unpaired) electrons. The number of hydrogen-bond donors (Lipinski definition) is 0. The van der Waals surface area contributed by atoms with E-state index in [0.29, 0.717) is 19.3 Å². The van der Waals surface area contributed by atoms with E-state index in [1.54, 1.807) is 0 Å². The topological polar surface area (TPSA) is 78.9 Å². The molecule has 0 aliphatic rings. The lowest BCUT2D eigenvalue weighted by atomic mass is 10.00. The molecule has 6 nitrogen and oxygen atoms in total. The Hall–Kier alpha value is -1.59. The summed E-state index contributed by atoms with van der Waals surface area (Å²) in [6.45, 7) is 13.6. The molecule has 1 unspecified atom stereocenters. The minimum absolute atomic E-state index is 0.0678. The van der Waals surface area contributed by atoms with E-state index in [-0.39, 0.29) is 31.1 Å². The Balaban J connectivity index is 4.36. The number of unbranched alkanes of at least 4 members (excludes halogenated alkanes) is 19. The second-order valence-electron chi connectivity index (χ2n) is 16.2. The van der Waals surface area contributed by atoms with E-state index in [1.807, 2.05) is 0 Å². The first-order valence-electron chi connectivity index (χ1n) is 21.6. The number of ether oxygens (including phenoxy) is 3. The molecule has 0 aromatic carbocycles. The van der Waals surface area contributed by atoms with Gasteiger partial charge >= 0.3 is 17.9 Å². The van der Waals surface area contributed by atoms with Gasteiger partial charge in [0.1, 0.15) is 13.2 Å². The van der Waals surface area contributed by atoms with Crippen LogP contribution in [0.5, 0.6) is 0 Å². The van der Waals surface area contributed by atoms with Gasteiger partial charge in [-0.15, -0.1) is 0 Å². The first-order valence-corrected chi connectivity index (χ1v) is 21.6. The van der Waals surface area contributed by atoms with Crippen LogP contribution >= 0.6 is 0 Å². The van der Waals surface area contributed by atoms with Crippen molar-refractivity contribution in [2.75, 3.05) is 13.2 Å². The average molecular weight is 709 g/mol. The Morgan fingerprint density at radius 3 is 1.04 bits per heavy atom. The lowest BCUT2D eigenvalue weighted by Gasteiger charge is -2.18. The number of rotatable bonds is 37. The monoisotopic (exact) mass is 709 g/mol. The molecule has 0 bridgehead atoms. The van der Waals surface area contributed by atoms with Crippen LogP contribution in [0.1, 0.15) is 228 Å². The summed E-state index contributed by atoms with van der Waals surface area (Å²) in [5.41, 5.74) is 0. The Kier molecular flexibility index (Phi) is 34.7. The van der Waals surface area contributed by atoms with Gasteiger partial charge in [-0.1, -0.05) is 189 Å². The van der Waals surface area contributed by atoms with Crippen LogP contribution in [0, 0.1) is 17.8 Å². The number of hydrogen-bond acceptors (Lipinski definition) is 6. The Morgan fingerprint density at radius 1 is 0.400 bits per heavy atom. The largest absolute Gasteiger partial charge is 0.462 e. The van der Waals surface area contributed by atoms with Crippen LogP contribution in [0.4, 0.5) is 0 Å². The van der Waals surface area contributed by atoms with Crippen LogP contribution in [0.25, 0.3) is 0 Å². The van der Waals surface area contributed by atoms with Crippen LogP contribution in [-0.2, 0) is 28.6 Å². The van der Waals surface area contributed by atoms with Gasteiger partial charge in [-0.3, -0.25) is 14.4 Å². The molecule has 0 saturated carbocycles. The lowest BCUT2D eigenvalue weighted by Crippen LogP contribution is -2.30. The highest BCUT2D eigenvalue weighted by atomic mass is 16.6. The predicted molar refractivity (Wildman–Crippen MR) is 210 cm³/mol. The second-order valence-corrected chi connectivity index (χ2v) is 16.2. The molecular weight excluding hydrogens is 624 g/mol. The predicted octanol–water partition coefficient (Wildman–Crippen LogP) is 13.3. The van der Waals surface area contributed by atoms with Crippen molar-refractivity contribution in [2.45, 2.75) is 234 Å². The van der Waals surface area contributed by atoms with E-state index in [9.17, 15) is 14.4 Å². The molecule has 0 spiro atoms. The van der Waals surface area contributed by atoms with E-state index in [1.165, 1.54) is 109 Å². The summed E-state index contributed by atoms with van der Waals surface area (Å²) < 4.78 is 16.7. The molecule has 0 saturated heterocycles. The molecule has 50 heavy (non-hydrogen) atoms. The van der Waals surface area contributed by atoms with Gasteiger partial charge in [0.15, 0.2) is 6.10 Å². The highest BCUT2D eigenvalue weighted by molar-refractivity contribution is 5.71. The first kappa shape index (κ1) is 48.4. The second kappa shape index (κ2) is 35.8. The van der Waals surface area contributed by atoms with E-state index >= 15 is 0 Å². The average Bonchev–Trinajstić information content (AvgIpc) is 3.08. The first-order chi connectivity index (χ1) is 24.1. The molecule has 0 aliphatic heterocycles. The maximum atomic E-state index is 12.7. The van der Waals surface area contributed by atoms with Gasteiger partial charge in [0, 0.05) is 19.3 Å². The molecule has 0 amide bonds. The molecule has 0 aromatic heterocycles. The van der Waals surface area contributed by atoms with Crippen LogP contribution in [0.15, 0.2) is 0 Å². The fourth-order valence-electron chi connectivity index (χ4n) is 6.32. The molecule has 0 aromatic rings. The summed E-state index contributed by atoms with van der Waals surface area (Å²) in [6.07, 6.45) is 31.0. The van der Waals surface area contributed by atoms with Crippen molar-refractivity contribution < 1.29 is 28.6 Å². The van der Waals surface area contributed by atoms with Gasteiger partial charge in [0.2, 0.25) is 0 Å². The fourth-order valence-corrected chi connectivity index (χ4v) is 6.32. The lowest BCUT2D eigenvalue weighted by molar-refractivity contribution is -0.167. The molecule has 0 N–H and O–H groups in total. The molecule has 0 fully saturated rings. The highest BCUT2D eigenvalue weighted by Gasteiger charge is 2.19. The minimum atomic E-state index is -0.762. The molecule has 0 heterocycles. The van der Waals surface area contributed by atoms with E-state index < -0.39 is 6.10 Å². The molecule has 0 aliphatic carbocycles. The van der Waals surface area contributed by atoms with Crippen molar-refractivity contribution in [1.29, 1.82) is 0 Å². The Labute approximate surface area is 310 Å². The molecule has 296 valence electrons. The summed E-state index contributed by atoms with van der Waals surface area (Å²) in [5, 5.41) is 0. The van der Waals surface area contributed by atoms with Gasteiger partial charge < -0.3 is 14.2 Å². The van der Waals surface area contributed by atoms with Gasteiger partial charge in [-0.05, 0) is 37.0 Å². The number of carbonyl (C=O) groups is 3. The van der Waals surface area contributed by atoms with E-state index in [4.69, 9.17) is 14.2 Å². The zero-order valence-corrected chi connectivity index (χ0v) is 34.2. The van der Waals surface area contributed by atoms with Crippen LogP contribution in [0.3, 0.4) is 0 Å². The van der Waals surface area contributed by atoms with Crippen LogP contribution in [-0.4, -0.2) is 37.2 Å². The zero-order chi connectivity index (χ0) is 37.1. The maximum Gasteiger partial charge on any atom is 0.306 e. The zero-order valence-electron chi connectivity index (χ0n) is 34.2. The van der Waals surface area contributed by atoms with Crippen LogP contribution in [0.2, 0.25) is 0 Å². The van der Waals surface area contributed by atoms with Crippen molar-refractivity contribution >= 4 is 17.9 Å². The highest BCUT2D eigenvalue weighted by Crippen LogP contribution is 2.17. The van der Waals surface area contributed by atoms with Crippen LogP contribution < -0.4 is 0 Å². The van der Waals surface area contributed by atoms with Crippen molar-refractivity contribution in [3.63, 3.8) is 0 Å². The van der Waals surface area contributed by atoms with Gasteiger partial charge in [-0.25, -0.2) is 0 Å². The SMILES string of the molecule is CCC(C)CCCCCCCCC(=O)O[C@@H](COC(=O)CCCCCCCCCCCC(C)C)COC(=O)CCCCCCCCCC(C)C. The normalized spacial score (nSPS) is 12.7. The maximum absolute atomic E-state index is 12.7. The summed E-state index contributed by atoms with van der Waals surface area (Å²) in [5.74, 6) is 1.53. The van der Waals surface area contributed by atoms with Gasteiger partial charge in [-0.2, -0.15) is 0 Å². The Morgan fingerprint density at radius 2 is 0.700 bits per heavy atom. The standard InChI is InChI=1S/C44H84O6/c1-7-40(6)32-26-20-16-17-23-29-35-44(47)50-41(37-49-43(46)34-28-22-15-11-13-19-25-31-39(4)5)36-48-42(45)33-27-21-14-10-8-9-12-18-24-30-38(2)3/h38-41H,7-37H2,1-6H3/t40?,41-/m0/s1. The molecule has 6 heteroatoms. The third kappa shape index (κ3) is 36.2. The number of carbonyl (C=O) groups excluding carboxylic acids is 3. The van der Waals surface area contributed by atoms with Crippen molar-refractivity contribution in [2.24, 2.45) is 17.8 Å². The van der Waals surface area contributed by atoms with Crippen molar-refractivity contribution in [1.82, 2.24) is 0 Å². The number of esters is 3. The van der Waals surface area contributed by atoms with Crippen molar-refractivity contribution in [3.05, 3.63) is 0 Å². The Bertz CT molecular complexity index is 778. The van der Waals surface area contributed by atoms with E-state index in [0.717, 1.165) is 75.5 Å². The fraction of sp³-hybridized carbons (Fsp3) is 0.932. The minimum Gasteiger partial charge on any atom is -0.462 e. The molecule has 0 rings (SSSR count). The summed E-state index contributed by atoms with van der Waals surface area (Å²) in [7, 11) is 0. The third-order valence-corrected chi connectivity index (χ3v) is 10.0. The molecular formula is C44H84O6. The smallest absolute Gasteiger partial charge is 0.306 e. The molecule has 2 atom stereocenters. The summed E-state index contributed by atoms with van der Waals surface area (Å²) >= 11 is 0. The summed E-state index contributed by atoms with van der Waals surface area (Å²) in [4.78, 5) is 37.6. The van der Waals surface area contributed by atoms with E-state index in [2.05, 4.69) is 41.5 Å². The summed E-state index contributed by atoms with van der Waals surface area (Å²) in [6, 6.07) is 0. The third-order valence-electron chi connectivity index (χ3n) is 10.0. The van der Waals surface area contributed by atoms with Gasteiger partial charge in [0.25, 0.3) is 0 Å². The van der Waals surface area contributed by atoms with Gasteiger partial charge in [0.05, 0.1) is 0 Å². The van der Waals surface area contributed by atoms with Crippen molar-refractivity contribution in [3.8, 4) is 0 Å². The quantitative estimate of drug-likeness (QED) is 0.0363.